The van der Waals surface area contributed by atoms with Crippen LogP contribution in [0.25, 0.3) is 0 Å². The summed E-state index contributed by atoms with van der Waals surface area (Å²) in [7, 11) is 0. The molecule has 0 radical (unpaired) electrons. The Morgan fingerprint density at radius 3 is 2.95 bits per heavy atom. The smallest absolute Gasteiger partial charge is 0.291 e. The Labute approximate surface area is 108 Å². The van der Waals surface area contributed by atoms with E-state index in [-0.39, 0.29) is 24.2 Å². The fourth-order valence-corrected chi connectivity index (χ4v) is 1.81. The minimum atomic E-state index is -0.376. The van der Waals surface area contributed by atoms with Gasteiger partial charge >= 0.3 is 0 Å². The average molecular weight is 258 g/mol. The molecule has 0 aliphatic carbocycles. The lowest BCUT2D eigenvalue weighted by Crippen LogP contribution is -2.26. The molecule has 0 bridgehead atoms. The lowest BCUT2D eigenvalue weighted by molar-refractivity contribution is -0.118. The molecular weight excluding hydrogens is 248 g/mol. The fourth-order valence-electron chi connectivity index (χ4n) is 1.81. The molecule has 2 aromatic rings. The monoisotopic (exact) mass is 258 g/mol. The van der Waals surface area contributed by atoms with E-state index in [1.807, 2.05) is 0 Å². The van der Waals surface area contributed by atoms with Crippen molar-refractivity contribution in [2.45, 2.75) is 0 Å². The Balaban J connectivity index is 1.88. The van der Waals surface area contributed by atoms with Crippen LogP contribution in [-0.2, 0) is 4.79 Å². The molecule has 2 N–H and O–H groups in total. The van der Waals surface area contributed by atoms with Crippen molar-refractivity contribution in [2.75, 3.05) is 17.2 Å². The van der Waals surface area contributed by atoms with Gasteiger partial charge < -0.3 is 19.8 Å². The van der Waals surface area contributed by atoms with Crippen molar-refractivity contribution in [3.05, 3.63) is 42.4 Å². The SMILES string of the molecule is O=C1COc2c(cccc2NC(=O)c2ccco2)N1. The molecule has 1 aromatic carbocycles. The minimum absolute atomic E-state index is 0.0688. The second-order valence-electron chi connectivity index (χ2n) is 3.95. The highest BCUT2D eigenvalue weighted by molar-refractivity contribution is 6.05. The molecule has 0 unspecified atom stereocenters. The number of hydrogen-bond acceptors (Lipinski definition) is 4. The first kappa shape index (κ1) is 11.3. The number of anilines is 2. The van der Waals surface area contributed by atoms with Crippen molar-refractivity contribution in [3.63, 3.8) is 0 Å². The number of ether oxygens (including phenoxy) is 1. The van der Waals surface area contributed by atoms with E-state index in [0.717, 1.165) is 0 Å². The zero-order chi connectivity index (χ0) is 13.2. The van der Waals surface area contributed by atoms with Gasteiger partial charge in [0.25, 0.3) is 11.8 Å². The Morgan fingerprint density at radius 1 is 1.26 bits per heavy atom. The van der Waals surface area contributed by atoms with Crippen molar-refractivity contribution in [1.29, 1.82) is 0 Å². The highest BCUT2D eigenvalue weighted by Crippen LogP contribution is 2.35. The predicted molar refractivity (Wildman–Crippen MR) is 67.2 cm³/mol. The minimum Gasteiger partial charge on any atom is -0.479 e. The largest absolute Gasteiger partial charge is 0.479 e. The van der Waals surface area contributed by atoms with Crippen LogP contribution < -0.4 is 15.4 Å². The molecule has 2 heterocycles. The van der Waals surface area contributed by atoms with Crippen LogP contribution in [0.5, 0.6) is 5.75 Å². The standard InChI is InChI=1S/C13H10N2O4/c16-11-7-19-12-8(14-11)3-1-4-9(12)15-13(17)10-5-2-6-18-10/h1-6H,7H2,(H,14,16)(H,15,17). The van der Waals surface area contributed by atoms with Gasteiger partial charge in [0.05, 0.1) is 17.6 Å². The lowest BCUT2D eigenvalue weighted by Gasteiger charge is -2.20. The van der Waals surface area contributed by atoms with Crippen LogP contribution in [0, 0.1) is 0 Å². The van der Waals surface area contributed by atoms with E-state index < -0.39 is 0 Å². The number of nitrogens with one attached hydrogen (secondary N) is 2. The Morgan fingerprint density at radius 2 is 2.16 bits per heavy atom. The highest BCUT2D eigenvalue weighted by atomic mass is 16.5. The van der Waals surface area contributed by atoms with Crippen LogP contribution >= 0.6 is 0 Å². The third-order valence-electron chi connectivity index (χ3n) is 2.63. The fraction of sp³-hybridized carbons (Fsp3) is 0.0769. The van der Waals surface area contributed by atoms with Crippen molar-refractivity contribution < 1.29 is 18.7 Å². The molecule has 0 saturated carbocycles. The number of hydrogen-bond donors (Lipinski definition) is 2. The third kappa shape index (κ3) is 2.15. The van der Waals surface area contributed by atoms with E-state index in [1.165, 1.54) is 6.26 Å². The number of para-hydroxylation sites is 1. The molecule has 3 rings (SSSR count). The van der Waals surface area contributed by atoms with Crippen LogP contribution in [0.4, 0.5) is 11.4 Å². The maximum atomic E-state index is 11.9. The number of benzene rings is 1. The van der Waals surface area contributed by atoms with Gasteiger partial charge in [-0.05, 0) is 24.3 Å². The number of carbonyl (C=O) groups is 2. The number of furan rings is 1. The van der Waals surface area contributed by atoms with Gasteiger partial charge in [-0.15, -0.1) is 0 Å². The van der Waals surface area contributed by atoms with Crippen molar-refractivity contribution >= 4 is 23.2 Å². The predicted octanol–water partition coefficient (Wildman–Crippen LogP) is 1.86. The average Bonchev–Trinajstić information content (AvgIpc) is 2.92. The second-order valence-corrected chi connectivity index (χ2v) is 3.95. The van der Waals surface area contributed by atoms with Gasteiger partial charge in [0.15, 0.2) is 18.1 Å². The van der Waals surface area contributed by atoms with Crippen LogP contribution in [0.1, 0.15) is 10.6 Å². The van der Waals surface area contributed by atoms with Gasteiger partial charge in [-0.2, -0.15) is 0 Å². The van der Waals surface area contributed by atoms with Crippen LogP contribution in [0.2, 0.25) is 0 Å². The Bertz CT molecular complexity index is 634. The number of carbonyl (C=O) groups excluding carboxylic acids is 2. The normalized spacial score (nSPS) is 13.2. The molecule has 6 heteroatoms. The Kier molecular flexibility index (Phi) is 2.68. The first-order valence-electron chi connectivity index (χ1n) is 5.64. The zero-order valence-corrected chi connectivity index (χ0v) is 9.80. The van der Waals surface area contributed by atoms with Crippen LogP contribution in [0.15, 0.2) is 41.0 Å². The van der Waals surface area contributed by atoms with E-state index in [9.17, 15) is 9.59 Å². The third-order valence-corrected chi connectivity index (χ3v) is 2.63. The molecule has 19 heavy (non-hydrogen) atoms. The summed E-state index contributed by atoms with van der Waals surface area (Å²) in [5, 5.41) is 5.35. The van der Waals surface area contributed by atoms with Gasteiger partial charge in [0.2, 0.25) is 0 Å². The molecule has 0 fully saturated rings. The van der Waals surface area contributed by atoms with Gasteiger partial charge in [-0.3, -0.25) is 9.59 Å². The molecule has 1 aliphatic rings. The van der Waals surface area contributed by atoms with Gasteiger partial charge in [-0.25, -0.2) is 0 Å². The van der Waals surface area contributed by atoms with Gasteiger partial charge in [0, 0.05) is 0 Å². The number of amides is 2. The van der Waals surface area contributed by atoms with E-state index in [1.54, 1.807) is 30.3 Å². The Hall–Kier alpha value is -2.76. The quantitative estimate of drug-likeness (QED) is 0.861. The molecule has 0 atom stereocenters. The molecular formula is C13H10N2O4. The number of rotatable bonds is 2. The van der Waals surface area contributed by atoms with Crippen LogP contribution in [-0.4, -0.2) is 18.4 Å². The molecule has 1 aliphatic heterocycles. The zero-order valence-electron chi connectivity index (χ0n) is 9.80. The van der Waals surface area contributed by atoms with Gasteiger partial charge in [0.1, 0.15) is 0 Å². The topological polar surface area (TPSA) is 80.6 Å². The maximum Gasteiger partial charge on any atom is 0.291 e. The first-order chi connectivity index (χ1) is 9.24. The van der Waals surface area contributed by atoms with Gasteiger partial charge in [-0.1, -0.05) is 6.07 Å². The molecule has 0 saturated heterocycles. The summed E-state index contributed by atoms with van der Waals surface area (Å²) >= 11 is 0. The van der Waals surface area contributed by atoms with Crippen molar-refractivity contribution in [2.24, 2.45) is 0 Å². The number of fused-ring (bicyclic) bond motifs is 1. The maximum absolute atomic E-state index is 11.9. The second kappa shape index (κ2) is 4.49. The molecule has 2 amide bonds. The van der Waals surface area contributed by atoms with Crippen molar-refractivity contribution in [1.82, 2.24) is 0 Å². The lowest BCUT2D eigenvalue weighted by atomic mass is 10.2. The summed E-state index contributed by atoms with van der Waals surface area (Å²) in [5.74, 6) is 0.0559. The molecule has 0 spiro atoms. The summed E-state index contributed by atoms with van der Waals surface area (Å²) in [4.78, 5) is 23.1. The van der Waals surface area contributed by atoms with E-state index in [2.05, 4.69) is 10.6 Å². The van der Waals surface area contributed by atoms with E-state index >= 15 is 0 Å². The summed E-state index contributed by atoms with van der Waals surface area (Å²) in [5.41, 5.74) is 1.02. The summed E-state index contributed by atoms with van der Waals surface area (Å²) in [6.45, 7) is -0.0688. The first-order valence-corrected chi connectivity index (χ1v) is 5.64. The molecule has 1 aromatic heterocycles. The summed E-state index contributed by atoms with van der Waals surface area (Å²) < 4.78 is 10.3. The van der Waals surface area contributed by atoms with E-state index in [4.69, 9.17) is 9.15 Å². The molecule has 6 nitrogen and oxygen atoms in total. The summed E-state index contributed by atoms with van der Waals surface area (Å²) in [6.07, 6.45) is 1.42. The highest BCUT2D eigenvalue weighted by Gasteiger charge is 2.20. The van der Waals surface area contributed by atoms with Crippen molar-refractivity contribution in [3.8, 4) is 5.75 Å². The summed E-state index contributed by atoms with van der Waals surface area (Å²) in [6, 6.07) is 8.30. The van der Waals surface area contributed by atoms with E-state index in [0.29, 0.717) is 17.1 Å². The molecule has 96 valence electrons. The van der Waals surface area contributed by atoms with Crippen LogP contribution in [0.3, 0.4) is 0 Å².